The van der Waals surface area contributed by atoms with Crippen molar-refractivity contribution in [2.45, 2.75) is 0 Å². The van der Waals surface area contributed by atoms with E-state index in [4.69, 9.17) is 13.6 Å². The summed E-state index contributed by atoms with van der Waals surface area (Å²) in [6.45, 7) is 0. The summed E-state index contributed by atoms with van der Waals surface area (Å²) in [7, 11) is 6.08. The zero-order valence-corrected chi connectivity index (χ0v) is 11.2. The molecule has 0 aliphatic carbocycles. The molecule has 0 spiro atoms. The third-order valence-corrected chi connectivity index (χ3v) is 3.93. The molecule has 3 heteroatoms. The summed E-state index contributed by atoms with van der Waals surface area (Å²) in [5, 5.41) is 4.58. The van der Waals surface area contributed by atoms with Gasteiger partial charge in [0.1, 0.15) is 7.85 Å². The average molecular weight is 329 g/mol. The zero-order valence-electron chi connectivity index (χ0n) is 9.07. The van der Waals surface area contributed by atoms with Crippen molar-refractivity contribution in [3.63, 3.8) is 0 Å². The number of nitrogen functional groups attached to an aromatic ring is 1. The number of halogens is 1. The molecule has 0 atom stereocenters. The van der Waals surface area contributed by atoms with E-state index in [1.54, 1.807) is 0 Å². The van der Waals surface area contributed by atoms with Crippen molar-refractivity contribution in [1.82, 2.24) is 0 Å². The second-order valence-corrected chi connectivity index (χ2v) is 5.27. The van der Waals surface area contributed by atoms with Crippen LogP contribution in [0.3, 0.4) is 0 Å². The Hall–Kier alpha value is -1.23. The van der Waals surface area contributed by atoms with Crippen LogP contribution in [0.2, 0.25) is 0 Å². The van der Waals surface area contributed by atoms with Gasteiger partial charge in [-0.05, 0) is 62.3 Å². The van der Waals surface area contributed by atoms with Gasteiger partial charge in [0.2, 0.25) is 0 Å². The fourth-order valence-electron chi connectivity index (χ4n) is 2.10. The smallest absolute Gasteiger partial charge is 0.117 e. The van der Waals surface area contributed by atoms with Crippen LogP contribution in [-0.2, 0) is 0 Å². The summed E-state index contributed by atoms with van der Waals surface area (Å²) in [4.78, 5) is 0. The summed E-state index contributed by atoms with van der Waals surface area (Å²) in [6, 6.07) is 14.6. The number of rotatable bonds is 0. The van der Waals surface area contributed by atoms with Gasteiger partial charge >= 0.3 is 0 Å². The van der Waals surface area contributed by atoms with Gasteiger partial charge < -0.3 is 5.73 Å². The Morgan fingerprint density at radius 3 is 2.29 bits per heavy atom. The highest BCUT2D eigenvalue weighted by molar-refractivity contribution is 14.1. The molecule has 0 bridgehead atoms. The van der Waals surface area contributed by atoms with Crippen molar-refractivity contribution < 1.29 is 0 Å². The second kappa shape index (κ2) is 3.91. The third-order valence-electron chi connectivity index (χ3n) is 3.04. The Morgan fingerprint density at radius 1 is 0.941 bits per heavy atom. The average Bonchev–Trinajstić information content (AvgIpc) is 2.34. The molecule has 0 aliphatic heterocycles. The fraction of sp³-hybridized carbons (Fsp3) is 0. The molecule has 80 valence electrons. The Kier molecular flexibility index (Phi) is 2.51. The molecule has 0 fully saturated rings. The summed E-state index contributed by atoms with van der Waals surface area (Å²) < 4.78 is 1.00. The van der Waals surface area contributed by atoms with Crippen LogP contribution in [-0.4, -0.2) is 7.85 Å². The van der Waals surface area contributed by atoms with Gasteiger partial charge in [0.05, 0.1) is 0 Å². The van der Waals surface area contributed by atoms with E-state index in [0.717, 1.165) is 14.3 Å². The molecule has 0 heterocycles. The standard InChI is InChI=1S/C14H9BIN/c15-13-11-6-9-4-2-1-3-8(9)5-10(11)7-12(16)14(13)17/h1-7H,17H2. The molecule has 2 N–H and O–H groups in total. The zero-order chi connectivity index (χ0) is 12.0. The number of anilines is 1. The molecule has 0 unspecified atom stereocenters. The Bertz CT molecular complexity index is 737. The van der Waals surface area contributed by atoms with E-state index in [0.29, 0.717) is 11.2 Å². The third kappa shape index (κ3) is 1.69. The molecular formula is C14H9BIN. The number of hydrogen-bond donors (Lipinski definition) is 1. The largest absolute Gasteiger partial charge is 0.398 e. The van der Waals surface area contributed by atoms with Crippen molar-refractivity contribution in [3.05, 3.63) is 46.0 Å². The molecule has 2 radical (unpaired) electrons. The predicted octanol–water partition coefficient (Wildman–Crippen LogP) is 2.97. The van der Waals surface area contributed by atoms with E-state index >= 15 is 0 Å². The summed E-state index contributed by atoms with van der Waals surface area (Å²) in [5.74, 6) is 0. The van der Waals surface area contributed by atoms with Crippen LogP contribution in [0.1, 0.15) is 0 Å². The SMILES string of the molecule is [B]c1c(N)c(I)cc2cc3ccccc3cc12. The van der Waals surface area contributed by atoms with Crippen molar-refractivity contribution >= 4 is 63.1 Å². The lowest BCUT2D eigenvalue weighted by atomic mass is 9.87. The lowest BCUT2D eigenvalue weighted by molar-refractivity contribution is 1.72. The van der Waals surface area contributed by atoms with Gasteiger partial charge in [0.15, 0.2) is 0 Å². The lowest BCUT2D eigenvalue weighted by Crippen LogP contribution is -2.12. The van der Waals surface area contributed by atoms with Crippen molar-refractivity contribution in [1.29, 1.82) is 0 Å². The normalized spacial score (nSPS) is 11.1. The topological polar surface area (TPSA) is 26.0 Å². The number of hydrogen-bond acceptors (Lipinski definition) is 1. The van der Waals surface area contributed by atoms with E-state index in [9.17, 15) is 0 Å². The molecule has 0 aromatic heterocycles. The first-order chi connectivity index (χ1) is 8.16. The minimum Gasteiger partial charge on any atom is -0.398 e. The minimum absolute atomic E-state index is 0.674. The molecule has 3 aromatic carbocycles. The maximum absolute atomic E-state index is 6.08. The van der Waals surface area contributed by atoms with Crippen LogP contribution in [0.15, 0.2) is 42.5 Å². The predicted molar refractivity (Wildman–Crippen MR) is 84.0 cm³/mol. The van der Waals surface area contributed by atoms with Crippen molar-refractivity contribution in [2.24, 2.45) is 0 Å². The van der Waals surface area contributed by atoms with Crippen LogP contribution in [0, 0.1) is 3.57 Å². The highest BCUT2D eigenvalue weighted by Gasteiger charge is 2.06. The van der Waals surface area contributed by atoms with Gasteiger partial charge in [-0.3, -0.25) is 0 Å². The first-order valence-corrected chi connectivity index (χ1v) is 6.40. The summed E-state index contributed by atoms with van der Waals surface area (Å²) in [6.07, 6.45) is 0. The fourth-order valence-corrected chi connectivity index (χ4v) is 2.72. The first-order valence-electron chi connectivity index (χ1n) is 5.33. The van der Waals surface area contributed by atoms with Crippen LogP contribution < -0.4 is 11.2 Å². The number of fused-ring (bicyclic) bond motifs is 2. The van der Waals surface area contributed by atoms with Gasteiger partial charge in [-0.2, -0.15) is 0 Å². The minimum atomic E-state index is 0.674. The molecule has 0 saturated heterocycles. The monoisotopic (exact) mass is 329 g/mol. The summed E-state index contributed by atoms with van der Waals surface area (Å²) in [5.41, 5.74) is 7.31. The van der Waals surface area contributed by atoms with Crippen LogP contribution >= 0.6 is 22.6 Å². The molecular weight excluding hydrogens is 320 g/mol. The van der Waals surface area contributed by atoms with Crippen LogP contribution in [0.4, 0.5) is 5.69 Å². The molecule has 0 aliphatic rings. The molecule has 3 rings (SSSR count). The van der Waals surface area contributed by atoms with E-state index in [1.165, 1.54) is 10.8 Å². The quantitative estimate of drug-likeness (QED) is 0.292. The van der Waals surface area contributed by atoms with Crippen molar-refractivity contribution in [3.8, 4) is 0 Å². The molecule has 0 saturated carbocycles. The number of nitrogens with two attached hydrogens (primary N) is 1. The van der Waals surface area contributed by atoms with Gasteiger partial charge in [-0.1, -0.05) is 29.7 Å². The molecule has 0 amide bonds. The Labute approximate surface area is 115 Å². The second-order valence-electron chi connectivity index (χ2n) is 4.11. The van der Waals surface area contributed by atoms with Gasteiger partial charge in [-0.25, -0.2) is 0 Å². The molecule has 3 aromatic rings. The Balaban J connectivity index is 2.52. The van der Waals surface area contributed by atoms with E-state index < -0.39 is 0 Å². The van der Waals surface area contributed by atoms with E-state index in [1.807, 2.05) is 12.1 Å². The van der Waals surface area contributed by atoms with E-state index in [2.05, 4.69) is 52.9 Å². The van der Waals surface area contributed by atoms with Gasteiger partial charge in [0, 0.05) is 9.26 Å². The highest BCUT2D eigenvalue weighted by atomic mass is 127. The van der Waals surface area contributed by atoms with Crippen molar-refractivity contribution in [2.75, 3.05) is 5.73 Å². The van der Waals surface area contributed by atoms with Gasteiger partial charge in [-0.15, -0.1) is 0 Å². The molecule has 17 heavy (non-hydrogen) atoms. The van der Waals surface area contributed by atoms with Gasteiger partial charge in [0.25, 0.3) is 0 Å². The summed E-state index contributed by atoms with van der Waals surface area (Å²) >= 11 is 2.22. The highest BCUT2D eigenvalue weighted by Crippen LogP contribution is 2.25. The molecule has 1 nitrogen and oxygen atoms in total. The van der Waals surface area contributed by atoms with E-state index in [-0.39, 0.29) is 0 Å². The van der Waals surface area contributed by atoms with Crippen LogP contribution in [0.25, 0.3) is 21.5 Å². The van der Waals surface area contributed by atoms with Crippen LogP contribution in [0.5, 0.6) is 0 Å². The maximum atomic E-state index is 6.08. The first kappa shape index (κ1) is 10.9. The lowest BCUT2D eigenvalue weighted by Gasteiger charge is -2.10. The maximum Gasteiger partial charge on any atom is 0.117 e. The number of benzene rings is 3. The Morgan fingerprint density at radius 2 is 1.59 bits per heavy atom.